The molecule has 2 atom stereocenters. The number of ether oxygens (including phenoxy) is 6. The highest BCUT2D eigenvalue weighted by molar-refractivity contribution is 5.78. The minimum Gasteiger partial charge on any atom is -0.490 e. The fourth-order valence-electron chi connectivity index (χ4n) is 4.99. The van der Waals surface area contributed by atoms with Gasteiger partial charge in [-0.2, -0.15) is 5.26 Å². The fourth-order valence-corrected chi connectivity index (χ4v) is 4.99. The van der Waals surface area contributed by atoms with Crippen LogP contribution in [-0.4, -0.2) is 25.3 Å². The largest absolute Gasteiger partial charge is 0.490 e. The van der Waals surface area contributed by atoms with E-state index in [1.807, 2.05) is 19.1 Å². The molecule has 0 aromatic heterocycles. The zero-order valence-corrected chi connectivity index (χ0v) is 23.6. The van der Waals surface area contributed by atoms with Gasteiger partial charge in [-0.15, -0.1) is 0 Å². The molecule has 0 saturated carbocycles. The third kappa shape index (κ3) is 5.80. The normalized spacial score (nSPS) is 16.7. The third-order valence-electron chi connectivity index (χ3n) is 7.09. The van der Waals surface area contributed by atoms with E-state index in [4.69, 9.17) is 34.2 Å². The van der Waals surface area contributed by atoms with Gasteiger partial charge in [0.25, 0.3) is 0 Å². The molecule has 2 aliphatic rings. The van der Waals surface area contributed by atoms with Crippen LogP contribution in [0.3, 0.4) is 0 Å². The predicted molar refractivity (Wildman–Crippen MR) is 156 cm³/mol. The molecule has 0 bridgehead atoms. The van der Waals surface area contributed by atoms with Crippen LogP contribution in [0.2, 0.25) is 0 Å². The number of esters is 1. The van der Waals surface area contributed by atoms with Gasteiger partial charge in [-0.1, -0.05) is 36.4 Å². The Hall–Kier alpha value is -5.69. The number of para-hydroxylation sites is 2. The minimum absolute atomic E-state index is 0.00630. The van der Waals surface area contributed by atoms with Crippen LogP contribution in [0.25, 0.3) is 0 Å². The Morgan fingerprint density at radius 1 is 0.977 bits per heavy atom. The van der Waals surface area contributed by atoms with Crippen LogP contribution in [0, 0.1) is 17.1 Å². The molecule has 10 heteroatoms. The van der Waals surface area contributed by atoms with E-state index in [2.05, 4.69) is 6.07 Å². The van der Waals surface area contributed by atoms with E-state index >= 15 is 0 Å². The molecule has 2 heterocycles. The van der Waals surface area contributed by atoms with Crippen molar-refractivity contribution < 1.29 is 37.6 Å². The lowest BCUT2D eigenvalue weighted by Crippen LogP contribution is -2.39. The Bertz CT molecular complexity index is 1780. The van der Waals surface area contributed by atoms with Crippen molar-refractivity contribution in [3.63, 3.8) is 0 Å². The number of rotatable bonds is 8. The lowest BCUT2D eigenvalue weighted by atomic mass is 9.83. The number of fused-ring (bicyclic) bond motifs is 2. The van der Waals surface area contributed by atoms with Crippen molar-refractivity contribution in [3.05, 3.63) is 119 Å². The smallest absolute Gasteiger partial charge is 0.356 e. The summed E-state index contributed by atoms with van der Waals surface area (Å²) in [7, 11) is 0. The van der Waals surface area contributed by atoms with Crippen LogP contribution in [0.5, 0.6) is 34.5 Å². The van der Waals surface area contributed by atoms with Gasteiger partial charge in [0.2, 0.25) is 12.0 Å². The van der Waals surface area contributed by atoms with Crippen molar-refractivity contribution in [1.29, 1.82) is 5.26 Å². The topological polar surface area (TPSA) is 122 Å². The van der Waals surface area contributed by atoms with Crippen molar-refractivity contribution in [2.24, 2.45) is 5.73 Å². The summed E-state index contributed by atoms with van der Waals surface area (Å²) in [6.07, 6.45) is -0.953. The van der Waals surface area contributed by atoms with E-state index in [1.54, 1.807) is 60.7 Å². The number of carbonyl (C=O) groups excluding carboxylic acids is 1. The van der Waals surface area contributed by atoms with E-state index in [9.17, 15) is 14.4 Å². The first-order valence-electron chi connectivity index (χ1n) is 13.9. The Kier molecular flexibility index (Phi) is 7.93. The molecule has 44 heavy (non-hydrogen) atoms. The Labute approximate surface area is 252 Å². The number of nitrogens with two attached hydrogens (primary N) is 1. The second kappa shape index (κ2) is 12.3. The van der Waals surface area contributed by atoms with Gasteiger partial charge in [0.1, 0.15) is 42.2 Å². The minimum atomic E-state index is -0.953. The summed E-state index contributed by atoms with van der Waals surface area (Å²) >= 11 is 0. The first-order valence-corrected chi connectivity index (χ1v) is 13.9. The molecule has 6 rings (SSSR count). The lowest BCUT2D eigenvalue weighted by molar-refractivity contribution is -0.144. The number of hydrogen-bond acceptors (Lipinski definition) is 9. The average molecular weight is 595 g/mol. The van der Waals surface area contributed by atoms with E-state index in [-0.39, 0.29) is 36.2 Å². The highest BCUT2D eigenvalue weighted by Gasteiger charge is 2.33. The second-order valence-electron chi connectivity index (χ2n) is 9.96. The first-order chi connectivity index (χ1) is 21.4. The molecule has 9 nitrogen and oxygen atoms in total. The van der Waals surface area contributed by atoms with Crippen molar-refractivity contribution in [3.8, 4) is 40.6 Å². The van der Waals surface area contributed by atoms with Crippen LogP contribution < -0.4 is 34.2 Å². The summed E-state index contributed by atoms with van der Waals surface area (Å²) in [4.78, 5) is 12.9. The quantitative estimate of drug-likeness (QED) is 0.200. The molecule has 0 aliphatic carbocycles. The second-order valence-corrected chi connectivity index (χ2v) is 9.96. The number of benzene rings is 4. The molecule has 0 radical (unpaired) electrons. The molecule has 222 valence electrons. The maximum Gasteiger partial charge on any atom is 0.356 e. The summed E-state index contributed by atoms with van der Waals surface area (Å²) in [5, 5.41) is 10.0. The molecule has 2 aliphatic heterocycles. The van der Waals surface area contributed by atoms with E-state index < -0.39 is 18.0 Å². The summed E-state index contributed by atoms with van der Waals surface area (Å²) < 4.78 is 47.9. The fraction of sp³-hybridized carbons (Fsp3) is 0.176. The molecular weight excluding hydrogens is 567 g/mol. The SMILES string of the molecule is CCOc1cc(C2C(C#N)=C(N)Oc3cc(OC(=O)C4COc5ccccc5O4)ccc32)ccc1OCc1ccc(F)cc1. The maximum absolute atomic E-state index is 13.3. The highest BCUT2D eigenvalue weighted by Crippen LogP contribution is 2.45. The predicted octanol–water partition coefficient (Wildman–Crippen LogP) is 5.77. The van der Waals surface area contributed by atoms with Gasteiger partial charge in [-0.3, -0.25) is 0 Å². The van der Waals surface area contributed by atoms with Crippen LogP contribution in [-0.2, 0) is 11.4 Å². The van der Waals surface area contributed by atoms with Gasteiger partial charge < -0.3 is 34.2 Å². The lowest BCUT2D eigenvalue weighted by Gasteiger charge is -2.28. The summed E-state index contributed by atoms with van der Waals surface area (Å²) in [6.45, 7) is 2.44. The summed E-state index contributed by atoms with van der Waals surface area (Å²) in [5.74, 6) is 0.895. The standard InChI is InChI=1S/C34H27FN2O7/c1-2-39-30-15-21(9-14-27(30)40-18-20-7-10-22(35)11-8-20)32-24-13-12-23(16-29(24)44-33(37)25(32)17-36)42-34(38)31-19-41-26-5-3-4-6-28(26)43-31/h3-16,31-32H,2,18-19,37H2,1H3. The van der Waals surface area contributed by atoms with Crippen LogP contribution >= 0.6 is 0 Å². The van der Waals surface area contributed by atoms with Crippen LogP contribution in [0.4, 0.5) is 4.39 Å². The molecule has 0 fully saturated rings. The summed E-state index contributed by atoms with van der Waals surface area (Å²) in [5.41, 5.74) is 8.57. The third-order valence-corrected chi connectivity index (χ3v) is 7.09. The molecule has 0 spiro atoms. The monoisotopic (exact) mass is 594 g/mol. The number of allylic oxidation sites excluding steroid dienone is 1. The van der Waals surface area contributed by atoms with Crippen LogP contribution in [0.15, 0.2) is 96.4 Å². The number of nitriles is 1. The number of halogens is 1. The zero-order chi connectivity index (χ0) is 30.6. The zero-order valence-electron chi connectivity index (χ0n) is 23.6. The molecule has 0 saturated heterocycles. The number of nitrogens with zero attached hydrogens (tertiary/aromatic N) is 1. The van der Waals surface area contributed by atoms with E-state index in [0.717, 1.165) is 5.56 Å². The Balaban J connectivity index is 1.24. The molecular formula is C34H27FN2O7. The first kappa shape index (κ1) is 28.4. The van der Waals surface area contributed by atoms with Gasteiger partial charge in [-0.05, 0) is 60.5 Å². The summed E-state index contributed by atoms with van der Waals surface area (Å²) in [6, 6.07) is 25.5. The molecule has 0 amide bonds. The number of carbonyl (C=O) groups is 1. The molecule has 4 aromatic carbocycles. The van der Waals surface area contributed by atoms with E-state index in [1.165, 1.54) is 12.1 Å². The van der Waals surface area contributed by atoms with Gasteiger partial charge in [-0.25, -0.2) is 9.18 Å². The average Bonchev–Trinajstić information content (AvgIpc) is 3.04. The Morgan fingerprint density at radius 2 is 1.77 bits per heavy atom. The van der Waals surface area contributed by atoms with Crippen molar-refractivity contribution in [1.82, 2.24) is 0 Å². The molecule has 4 aromatic rings. The maximum atomic E-state index is 13.3. The van der Waals surface area contributed by atoms with Crippen molar-refractivity contribution >= 4 is 5.97 Å². The van der Waals surface area contributed by atoms with Crippen molar-refractivity contribution in [2.45, 2.75) is 25.6 Å². The van der Waals surface area contributed by atoms with Gasteiger partial charge in [0, 0.05) is 11.6 Å². The highest BCUT2D eigenvalue weighted by atomic mass is 19.1. The number of hydrogen-bond donors (Lipinski definition) is 1. The molecule has 2 N–H and O–H groups in total. The Morgan fingerprint density at radius 3 is 2.55 bits per heavy atom. The van der Waals surface area contributed by atoms with Crippen molar-refractivity contribution in [2.75, 3.05) is 13.2 Å². The van der Waals surface area contributed by atoms with Gasteiger partial charge >= 0.3 is 5.97 Å². The van der Waals surface area contributed by atoms with Crippen LogP contribution in [0.1, 0.15) is 29.5 Å². The van der Waals surface area contributed by atoms with Gasteiger partial charge in [0.15, 0.2) is 23.0 Å². The van der Waals surface area contributed by atoms with E-state index in [0.29, 0.717) is 46.5 Å². The van der Waals surface area contributed by atoms with Gasteiger partial charge in [0.05, 0.1) is 12.5 Å². The molecule has 2 unspecified atom stereocenters.